The van der Waals surface area contributed by atoms with Crippen LogP contribution in [-0.2, 0) is 14.4 Å². The van der Waals surface area contributed by atoms with E-state index in [0.717, 1.165) is 22.3 Å². The fourth-order valence-corrected chi connectivity index (χ4v) is 5.75. The molecule has 6 nitrogen and oxygen atoms in total. The Labute approximate surface area is 261 Å². The number of unbranched alkanes of at least 4 members (excludes halogenated alkanes) is 1. The molecule has 4 aromatic rings. The van der Waals surface area contributed by atoms with Crippen molar-refractivity contribution in [1.29, 1.82) is 0 Å². The molecule has 44 heavy (non-hydrogen) atoms. The first-order chi connectivity index (χ1) is 21.5. The minimum Gasteiger partial charge on any atom is -0.481 e. The van der Waals surface area contributed by atoms with Crippen LogP contribution in [0.5, 0.6) is 0 Å². The van der Waals surface area contributed by atoms with E-state index in [2.05, 4.69) is 0 Å². The molecule has 0 unspecified atom stereocenters. The minimum absolute atomic E-state index is 0.0158. The van der Waals surface area contributed by atoms with Gasteiger partial charge >= 0.3 is 5.97 Å². The molecule has 0 atom stereocenters. The zero-order chi connectivity index (χ0) is 31.1. The Morgan fingerprint density at radius 1 is 0.523 bits per heavy atom. The number of hydrogen-bond donors (Lipinski definition) is 1. The number of carboxylic acid groups (broad SMARTS) is 1. The molecule has 0 bridgehead atoms. The highest BCUT2D eigenvalue weighted by Gasteiger charge is 2.29. The van der Waals surface area contributed by atoms with E-state index in [4.69, 9.17) is 0 Å². The molecule has 228 valence electrons. The number of carbonyl (C=O) groups excluding carboxylic acids is 2. The van der Waals surface area contributed by atoms with Crippen LogP contribution >= 0.6 is 0 Å². The fraction of sp³-hybridized carbons (Fsp3) is 0.289. The van der Waals surface area contributed by atoms with E-state index in [1.807, 2.05) is 138 Å². The van der Waals surface area contributed by atoms with Gasteiger partial charge in [0.1, 0.15) is 0 Å². The summed E-state index contributed by atoms with van der Waals surface area (Å²) in [6.07, 6.45) is 2.27. The molecule has 4 aromatic carbocycles. The zero-order valence-corrected chi connectivity index (χ0v) is 25.4. The Balaban J connectivity index is 1.59. The second-order valence-corrected chi connectivity index (χ2v) is 10.9. The van der Waals surface area contributed by atoms with Gasteiger partial charge in [-0.3, -0.25) is 14.4 Å². The largest absolute Gasteiger partial charge is 0.481 e. The molecule has 1 N–H and O–H groups in total. The first-order valence-corrected chi connectivity index (χ1v) is 15.5. The third-order valence-electron chi connectivity index (χ3n) is 7.86. The molecule has 0 fully saturated rings. The molecule has 0 aliphatic heterocycles. The van der Waals surface area contributed by atoms with E-state index in [-0.39, 0.29) is 36.7 Å². The highest BCUT2D eigenvalue weighted by atomic mass is 16.4. The van der Waals surface area contributed by atoms with E-state index in [9.17, 15) is 19.5 Å². The molecule has 0 spiro atoms. The van der Waals surface area contributed by atoms with Crippen LogP contribution in [0.2, 0.25) is 0 Å². The minimum atomic E-state index is -0.836. The van der Waals surface area contributed by atoms with Crippen LogP contribution < -0.4 is 0 Å². The second-order valence-electron chi connectivity index (χ2n) is 10.9. The number of hydrogen-bond acceptors (Lipinski definition) is 3. The number of aliphatic carboxylic acids is 1. The van der Waals surface area contributed by atoms with Gasteiger partial charge in [0.25, 0.3) is 0 Å². The van der Waals surface area contributed by atoms with Crippen LogP contribution in [0.15, 0.2) is 121 Å². The average molecular weight is 591 g/mol. The van der Waals surface area contributed by atoms with E-state index < -0.39 is 5.97 Å². The van der Waals surface area contributed by atoms with Crippen molar-refractivity contribution in [3.05, 3.63) is 144 Å². The van der Waals surface area contributed by atoms with Gasteiger partial charge in [-0.2, -0.15) is 0 Å². The Morgan fingerprint density at radius 3 is 1.25 bits per heavy atom. The molecule has 2 amide bonds. The van der Waals surface area contributed by atoms with Crippen molar-refractivity contribution in [2.45, 2.75) is 57.5 Å². The van der Waals surface area contributed by atoms with Crippen LogP contribution in [0.4, 0.5) is 0 Å². The van der Waals surface area contributed by atoms with Gasteiger partial charge < -0.3 is 14.9 Å². The monoisotopic (exact) mass is 590 g/mol. The summed E-state index contributed by atoms with van der Waals surface area (Å²) in [6.45, 7) is 2.74. The lowest BCUT2D eigenvalue weighted by molar-refractivity contribution is -0.137. The van der Waals surface area contributed by atoms with Crippen molar-refractivity contribution in [3.8, 4) is 0 Å². The Hall–Kier alpha value is -4.71. The van der Waals surface area contributed by atoms with Gasteiger partial charge in [-0.1, -0.05) is 128 Å². The standard InChI is InChI=1S/C38H42N2O4/c1-2-34(41)39(37(30-18-7-3-8-19-30)31-20-9-4-10-21-31)29-17-26-35(42)40(28-16-15-27-36(43)44)38(32-22-11-5-12-23-32)33-24-13-6-14-25-33/h3-14,18-25,37-38H,2,15-17,26-29H2,1H3,(H,43,44). The van der Waals surface area contributed by atoms with Gasteiger partial charge in [0.2, 0.25) is 11.8 Å². The third kappa shape index (κ3) is 8.90. The lowest BCUT2D eigenvalue weighted by atomic mass is 9.95. The molecule has 4 rings (SSSR count). The summed E-state index contributed by atoms with van der Waals surface area (Å²) in [5, 5.41) is 9.18. The second kappa shape index (κ2) is 16.8. The van der Waals surface area contributed by atoms with Gasteiger partial charge in [0, 0.05) is 32.4 Å². The molecular weight excluding hydrogens is 548 g/mol. The topological polar surface area (TPSA) is 77.9 Å². The van der Waals surface area contributed by atoms with Gasteiger partial charge in [-0.15, -0.1) is 0 Å². The van der Waals surface area contributed by atoms with Gasteiger partial charge in [-0.25, -0.2) is 0 Å². The molecule has 0 aromatic heterocycles. The van der Waals surface area contributed by atoms with Crippen LogP contribution in [-0.4, -0.2) is 45.8 Å². The first kappa shape index (κ1) is 32.2. The molecule has 0 aliphatic carbocycles. The van der Waals surface area contributed by atoms with Crippen molar-refractivity contribution >= 4 is 17.8 Å². The predicted octanol–water partition coefficient (Wildman–Crippen LogP) is 7.67. The Kier molecular flexibility index (Phi) is 12.3. The number of carbonyl (C=O) groups is 3. The number of benzene rings is 4. The Morgan fingerprint density at radius 2 is 0.886 bits per heavy atom. The fourth-order valence-electron chi connectivity index (χ4n) is 5.75. The SMILES string of the molecule is CCC(=O)N(CCCC(=O)N(CCCCC(=O)O)C(c1ccccc1)c1ccccc1)C(c1ccccc1)c1ccccc1. The van der Waals surface area contributed by atoms with Crippen LogP contribution in [0, 0.1) is 0 Å². The summed E-state index contributed by atoms with van der Waals surface area (Å²) in [5.74, 6) is -0.817. The molecule has 0 saturated heterocycles. The highest BCUT2D eigenvalue weighted by molar-refractivity contribution is 5.78. The lowest BCUT2D eigenvalue weighted by Crippen LogP contribution is -2.38. The summed E-state index contributed by atoms with van der Waals surface area (Å²) in [5.41, 5.74) is 4.06. The van der Waals surface area contributed by atoms with E-state index in [0.29, 0.717) is 38.8 Å². The van der Waals surface area contributed by atoms with Crippen molar-refractivity contribution in [3.63, 3.8) is 0 Å². The van der Waals surface area contributed by atoms with Crippen molar-refractivity contribution < 1.29 is 19.5 Å². The smallest absolute Gasteiger partial charge is 0.303 e. The average Bonchev–Trinajstić information content (AvgIpc) is 3.07. The summed E-state index contributed by atoms with van der Waals surface area (Å²) in [6, 6.07) is 39.4. The van der Waals surface area contributed by atoms with E-state index in [1.54, 1.807) is 0 Å². The summed E-state index contributed by atoms with van der Waals surface area (Å²) in [7, 11) is 0. The third-order valence-corrected chi connectivity index (χ3v) is 7.86. The lowest BCUT2D eigenvalue weighted by Gasteiger charge is -2.34. The van der Waals surface area contributed by atoms with Gasteiger partial charge in [-0.05, 0) is 41.5 Å². The maximum Gasteiger partial charge on any atom is 0.303 e. The van der Waals surface area contributed by atoms with Gasteiger partial charge in [0.15, 0.2) is 0 Å². The zero-order valence-electron chi connectivity index (χ0n) is 25.4. The van der Waals surface area contributed by atoms with Crippen LogP contribution in [0.1, 0.15) is 79.8 Å². The maximum atomic E-state index is 14.1. The number of carboxylic acids is 1. The normalized spacial score (nSPS) is 11.0. The van der Waals surface area contributed by atoms with Gasteiger partial charge in [0.05, 0.1) is 12.1 Å². The maximum absolute atomic E-state index is 14.1. The number of amides is 2. The predicted molar refractivity (Wildman–Crippen MR) is 174 cm³/mol. The Bertz CT molecular complexity index is 1370. The molecule has 6 heteroatoms. The molecule has 0 radical (unpaired) electrons. The summed E-state index contributed by atoms with van der Waals surface area (Å²) in [4.78, 5) is 42.5. The van der Waals surface area contributed by atoms with Crippen molar-refractivity contribution in [2.75, 3.05) is 13.1 Å². The first-order valence-electron chi connectivity index (χ1n) is 15.5. The number of rotatable bonds is 16. The summed E-state index contributed by atoms with van der Waals surface area (Å²) < 4.78 is 0. The summed E-state index contributed by atoms with van der Waals surface area (Å²) >= 11 is 0. The molecule has 0 aliphatic rings. The number of nitrogens with zero attached hydrogens (tertiary/aromatic N) is 2. The van der Waals surface area contributed by atoms with E-state index >= 15 is 0 Å². The van der Waals surface area contributed by atoms with E-state index in [1.165, 1.54) is 0 Å². The van der Waals surface area contributed by atoms with Crippen molar-refractivity contribution in [1.82, 2.24) is 9.80 Å². The van der Waals surface area contributed by atoms with Crippen LogP contribution in [0.25, 0.3) is 0 Å². The molecule has 0 saturated carbocycles. The van der Waals surface area contributed by atoms with Crippen molar-refractivity contribution in [2.24, 2.45) is 0 Å². The highest BCUT2D eigenvalue weighted by Crippen LogP contribution is 2.32. The van der Waals surface area contributed by atoms with Crippen LogP contribution in [0.3, 0.4) is 0 Å². The molecule has 0 heterocycles. The quantitative estimate of drug-likeness (QED) is 0.136. The molecular formula is C38H42N2O4.